The van der Waals surface area contributed by atoms with E-state index in [1.165, 1.54) is 7.11 Å². The maximum absolute atomic E-state index is 11.1. The Balaban J connectivity index is 2.40. The van der Waals surface area contributed by atoms with Gasteiger partial charge in [0.05, 0.1) is 13.0 Å². The van der Waals surface area contributed by atoms with Gasteiger partial charge in [-0.1, -0.05) is 6.42 Å². The minimum Gasteiger partial charge on any atom is -0.469 e. The normalized spacial score (nSPS) is 29.8. The molecule has 70 valence electrons. The van der Waals surface area contributed by atoms with Crippen molar-refractivity contribution in [3.8, 4) is 0 Å². The molecule has 1 aliphatic rings. The molecule has 2 N–H and O–H groups in total. The standard InChI is InChI=1S/C8H15NO3/c1-12-8(10)6-3-2-4-7(5-6)9-11/h6-7,9,11H,2-5H2,1H3. The Hall–Kier alpha value is -0.610. The molecule has 0 aliphatic heterocycles. The second-order valence-electron chi connectivity index (χ2n) is 3.21. The molecule has 0 amide bonds. The van der Waals surface area contributed by atoms with E-state index in [1.54, 1.807) is 0 Å². The summed E-state index contributed by atoms with van der Waals surface area (Å²) < 4.78 is 4.63. The molecule has 0 spiro atoms. The van der Waals surface area contributed by atoms with Crippen molar-refractivity contribution in [2.45, 2.75) is 31.7 Å². The summed E-state index contributed by atoms with van der Waals surface area (Å²) in [5, 5.41) is 8.66. The molecule has 0 aromatic heterocycles. The van der Waals surface area contributed by atoms with E-state index in [-0.39, 0.29) is 17.9 Å². The second kappa shape index (κ2) is 4.42. The number of methoxy groups -OCH3 is 1. The van der Waals surface area contributed by atoms with Crippen molar-refractivity contribution in [2.24, 2.45) is 5.92 Å². The number of carbonyl (C=O) groups is 1. The summed E-state index contributed by atoms with van der Waals surface area (Å²) in [5.74, 6) is -0.191. The molecule has 1 rings (SSSR count). The number of hydroxylamine groups is 1. The van der Waals surface area contributed by atoms with Crippen LogP contribution in [-0.2, 0) is 9.53 Å². The number of carbonyl (C=O) groups excluding carboxylic acids is 1. The van der Waals surface area contributed by atoms with Gasteiger partial charge in [0.15, 0.2) is 0 Å². The van der Waals surface area contributed by atoms with Crippen molar-refractivity contribution < 1.29 is 14.7 Å². The Morgan fingerprint density at radius 2 is 2.33 bits per heavy atom. The van der Waals surface area contributed by atoms with Gasteiger partial charge in [-0.3, -0.25) is 4.79 Å². The highest BCUT2D eigenvalue weighted by molar-refractivity contribution is 5.72. The number of hydrogen-bond donors (Lipinski definition) is 2. The van der Waals surface area contributed by atoms with E-state index in [4.69, 9.17) is 5.21 Å². The lowest BCUT2D eigenvalue weighted by molar-refractivity contribution is -0.147. The molecule has 2 unspecified atom stereocenters. The van der Waals surface area contributed by atoms with Crippen LogP contribution in [0.3, 0.4) is 0 Å². The predicted molar refractivity (Wildman–Crippen MR) is 42.7 cm³/mol. The summed E-state index contributed by atoms with van der Waals surface area (Å²) in [6.45, 7) is 0. The van der Waals surface area contributed by atoms with Gasteiger partial charge in [-0.25, -0.2) is 5.48 Å². The summed E-state index contributed by atoms with van der Waals surface area (Å²) >= 11 is 0. The summed E-state index contributed by atoms with van der Waals surface area (Å²) in [5.41, 5.74) is 2.21. The van der Waals surface area contributed by atoms with Gasteiger partial charge in [0, 0.05) is 6.04 Å². The zero-order chi connectivity index (χ0) is 8.97. The average Bonchev–Trinajstić information content (AvgIpc) is 2.17. The van der Waals surface area contributed by atoms with Crippen LogP contribution in [-0.4, -0.2) is 24.3 Å². The SMILES string of the molecule is COC(=O)C1CCCC(NO)C1. The molecule has 0 heterocycles. The van der Waals surface area contributed by atoms with Gasteiger partial charge in [-0.2, -0.15) is 0 Å². The molecule has 1 fully saturated rings. The Kier molecular flexibility index (Phi) is 3.49. The monoisotopic (exact) mass is 173 g/mol. The molecule has 1 aliphatic carbocycles. The number of ether oxygens (including phenoxy) is 1. The summed E-state index contributed by atoms with van der Waals surface area (Å²) in [7, 11) is 1.40. The van der Waals surface area contributed by atoms with Crippen LogP contribution in [0.5, 0.6) is 0 Å². The highest BCUT2D eigenvalue weighted by Crippen LogP contribution is 2.24. The fourth-order valence-corrected chi connectivity index (χ4v) is 1.69. The van der Waals surface area contributed by atoms with Crippen LogP contribution in [0.1, 0.15) is 25.7 Å². The minimum atomic E-state index is -0.157. The van der Waals surface area contributed by atoms with Crippen LogP contribution in [0.4, 0.5) is 0 Å². The third-order valence-corrected chi connectivity index (χ3v) is 2.39. The van der Waals surface area contributed by atoms with E-state index in [9.17, 15) is 4.79 Å². The van der Waals surface area contributed by atoms with Gasteiger partial charge < -0.3 is 9.94 Å². The van der Waals surface area contributed by atoms with E-state index in [2.05, 4.69) is 10.2 Å². The fraction of sp³-hybridized carbons (Fsp3) is 0.875. The summed E-state index contributed by atoms with van der Waals surface area (Å²) in [6, 6.07) is 0.0582. The Bertz CT molecular complexity index is 160. The van der Waals surface area contributed by atoms with E-state index in [0.29, 0.717) is 6.42 Å². The zero-order valence-electron chi connectivity index (χ0n) is 7.25. The van der Waals surface area contributed by atoms with Crippen molar-refractivity contribution in [1.82, 2.24) is 5.48 Å². The van der Waals surface area contributed by atoms with Crippen LogP contribution in [0, 0.1) is 5.92 Å². The van der Waals surface area contributed by atoms with E-state index in [0.717, 1.165) is 19.3 Å². The third-order valence-electron chi connectivity index (χ3n) is 2.39. The van der Waals surface area contributed by atoms with Gasteiger partial charge >= 0.3 is 5.97 Å². The lowest BCUT2D eigenvalue weighted by Crippen LogP contribution is -2.34. The number of esters is 1. The van der Waals surface area contributed by atoms with Crippen LogP contribution in [0.15, 0.2) is 0 Å². The second-order valence-corrected chi connectivity index (χ2v) is 3.21. The zero-order valence-corrected chi connectivity index (χ0v) is 7.25. The smallest absolute Gasteiger partial charge is 0.308 e. The summed E-state index contributed by atoms with van der Waals surface area (Å²) in [4.78, 5) is 11.1. The van der Waals surface area contributed by atoms with Crippen LogP contribution < -0.4 is 5.48 Å². The van der Waals surface area contributed by atoms with Gasteiger partial charge in [-0.15, -0.1) is 0 Å². The van der Waals surface area contributed by atoms with Gasteiger partial charge in [0.2, 0.25) is 0 Å². The number of rotatable bonds is 2. The predicted octanol–water partition coefficient (Wildman–Crippen LogP) is 0.697. The van der Waals surface area contributed by atoms with Crippen LogP contribution in [0.25, 0.3) is 0 Å². The van der Waals surface area contributed by atoms with Crippen molar-refractivity contribution in [2.75, 3.05) is 7.11 Å². The molecule has 2 atom stereocenters. The Labute approximate surface area is 71.9 Å². The molecule has 4 nitrogen and oxygen atoms in total. The summed E-state index contributed by atoms with van der Waals surface area (Å²) in [6.07, 6.45) is 3.47. The lowest BCUT2D eigenvalue weighted by Gasteiger charge is -2.25. The maximum Gasteiger partial charge on any atom is 0.308 e. The van der Waals surface area contributed by atoms with E-state index < -0.39 is 0 Å². The van der Waals surface area contributed by atoms with Crippen molar-refractivity contribution in [1.29, 1.82) is 0 Å². The first-order valence-corrected chi connectivity index (χ1v) is 4.25. The quantitative estimate of drug-likeness (QED) is 0.476. The van der Waals surface area contributed by atoms with Crippen molar-refractivity contribution in [3.05, 3.63) is 0 Å². The van der Waals surface area contributed by atoms with Crippen molar-refractivity contribution >= 4 is 5.97 Å². The Morgan fingerprint density at radius 1 is 1.58 bits per heavy atom. The number of nitrogens with one attached hydrogen (secondary N) is 1. The molecule has 12 heavy (non-hydrogen) atoms. The third kappa shape index (κ3) is 2.19. The van der Waals surface area contributed by atoms with Gasteiger partial charge in [0.25, 0.3) is 0 Å². The highest BCUT2D eigenvalue weighted by atomic mass is 16.5. The molecule has 0 bridgehead atoms. The van der Waals surface area contributed by atoms with Crippen LogP contribution in [0.2, 0.25) is 0 Å². The largest absolute Gasteiger partial charge is 0.469 e. The first kappa shape index (κ1) is 9.48. The fourth-order valence-electron chi connectivity index (χ4n) is 1.69. The molecular formula is C8H15NO3. The molecule has 4 heteroatoms. The van der Waals surface area contributed by atoms with Gasteiger partial charge in [-0.05, 0) is 19.3 Å². The average molecular weight is 173 g/mol. The minimum absolute atomic E-state index is 0.0339. The Morgan fingerprint density at radius 3 is 2.92 bits per heavy atom. The maximum atomic E-state index is 11.1. The lowest BCUT2D eigenvalue weighted by atomic mass is 9.86. The number of hydrogen-bond acceptors (Lipinski definition) is 4. The molecule has 0 aromatic rings. The topological polar surface area (TPSA) is 58.6 Å². The molecule has 0 radical (unpaired) electrons. The van der Waals surface area contributed by atoms with Crippen LogP contribution >= 0.6 is 0 Å². The molecule has 1 saturated carbocycles. The first-order valence-electron chi connectivity index (χ1n) is 4.25. The molecule has 0 aromatic carbocycles. The van der Waals surface area contributed by atoms with Crippen molar-refractivity contribution in [3.63, 3.8) is 0 Å². The van der Waals surface area contributed by atoms with E-state index >= 15 is 0 Å². The van der Waals surface area contributed by atoms with E-state index in [1.807, 2.05) is 0 Å². The van der Waals surface area contributed by atoms with Gasteiger partial charge in [0.1, 0.15) is 0 Å². The molecule has 0 saturated heterocycles. The molecular weight excluding hydrogens is 158 g/mol. The first-order chi connectivity index (χ1) is 5.77. The highest BCUT2D eigenvalue weighted by Gasteiger charge is 2.27.